The number of hydrogen-bond donors (Lipinski definition) is 0. The highest BCUT2D eigenvalue weighted by Gasteiger charge is 2.20. The van der Waals surface area contributed by atoms with Crippen LogP contribution in [0.2, 0.25) is 0 Å². The molecule has 3 aromatic carbocycles. The van der Waals surface area contributed by atoms with E-state index in [2.05, 4.69) is 97.8 Å². The molecule has 0 radical (unpaired) electrons. The summed E-state index contributed by atoms with van der Waals surface area (Å²) in [5.41, 5.74) is 7.94. The molecule has 34 heavy (non-hydrogen) atoms. The van der Waals surface area contributed by atoms with E-state index >= 15 is 0 Å². The van der Waals surface area contributed by atoms with Crippen LogP contribution in [-0.4, -0.2) is 30.0 Å². The quantitative estimate of drug-likeness (QED) is 0.284. The zero-order chi connectivity index (χ0) is 23.5. The summed E-state index contributed by atoms with van der Waals surface area (Å²) in [5.74, 6) is 1.41. The average molecular weight is 467 g/mol. The van der Waals surface area contributed by atoms with E-state index in [1.807, 2.05) is 16.9 Å². The highest BCUT2D eigenvalue weighted by molar-refractivity contribution is 7.98. The van der Waals surface area contributed by atoms with Gasteiger partial charge in [0.2, 0.25) is 5.82 Å². The third-order valence-corrected chi connectivity index (χ3v) is 6.84. The molecule has 0 bridgehead atoms. The van der Waals surface area contributed by atoms with Crippen LogP contribution < -0.4 is 0 Å². The molecule has 0 spiro atoms. The summed E-state index contributed by atoms with van der Waals surface area (Å²) < 4.78 is 2.02. The van der Waals surface area contributed by atoms with E-state index in [1.54, 1.807) is 16.6 Å². The molecule has 0 N–H and O–H groups in total. The Morgan fingerprint density at radius 2 is 1.56 bits per heavy atom. The van der Waals surface area contributed by atoms with Gasteiger partial charge in [-0.1, -0.05) is 78.4 Å². The number of nitrogens with zero attached hydrogens (tertiary/aromatic N) is 6. The second-order valence-corrected chi connectivity index (χ2v) is 9.39. The zero-order valence-electron chi connectivity index (χ0n) is 19.5. The predicted octanol–water partition coefficient (Wildman–Crippen LogP) is 5.79. The maximum absolute atomic E-state index is 4.78. The summed E-state index contributed by atoms with van der Waals surface area (Å²) in [6.07, 6.45) is 1.85. The molecule has 5 aromatic rings. The van der Waals surface area contributed by atoms with Gasteiger partial charge in [0, 0.05) is 5.75 Å². The van der Waals surface area contributed by atoms with E-state index in [4.69, 9.17) is 10.2 Å². The van der Waals surface area contributed by atoms with Gasteiger partial charge in [-0.15, -0.1) is 22.0 Å². The van der Waals surface area contributed by atoms with Crippen LogP contribution in [0, 0.1) is 20.8 Å². The van der Waals surface area contributed by atoms with Crippen molar-refractivity contribution in [1.29, 1.82) is 0 Å². The molecule has 170 valence electrons. The van der Waals surface area contributed by atoms with Crippen molar-refractivity contribution in [3.8, 4) is 17.1 Å². The molecular formula is C27H26N6S. The molecule has 0 atom stereocenters. The topological polar surface area (TPSA) is 61.4 Å². The number of thioether (sulfide) groups is 1. The third kappa shape index (κ3) is 4.65. The zero-order valence-corrected chi connectivity index (χ0v) is 20.3. The smallest absolute Gasteiger partial charge is 0.209 e. The second-order valence-electron chi connectivity index (χ2n) is 8.42. The lowest BCUT2D eigenvalue weighted by atomic mass is 10.1. The molecule has 7 heteroatoms. The van der Waals surface area contributed by atoms with Gasteiger partial charge in [-0.25, -0.2) is 4.68 Å². The van der Waals surface area contributed by atoms with Crippen molar-refractivity contribution in [3.63, 3.8) is 0 Å². The Kier molecular flexibility index (Phi) is 6.27. The maximum atomic E-state index is 4.78. The van der Waals surface area contributed by atoms with Gasteiger partial charge in [0.15, 0.2) is 0 Å². The van der Waals surface area contributed by atoms with Gasteiger partial charge in [0.25, 0.3) is 0 Å². The van der Waals surface area contributed by atoms with Crippen LogP contribution in [0.1, 0.15) is 27.8 Å². The minimum atomic E-state index is 0.576. The van der Waals surface area contributed by atoms with Crippen molar-refractivity contribution >= 4 is 11.8 Å². The Morgan fingerprint density at radius 1 is 0.824 bits per heavy atom. The molecule has 0 aliphatic rings. The Balaban J connectivity index is 1.52. The normalized spacial score (nSPS) is 11.1. The molecular weight excluding hydrogens is 440 g/mol. The van der Waals surface area contributed by atoms with Crippen LogP contribution in [0.3, 0.4) is 0 Å². The van der Waals surface area contributed by atoms with Gasteiger partial charge >= 0.3 is 0 Å². The van der Waals surface area contributed by atoms with Crippen LogP contribution in [0.4, 0.5) is 0 Å². The van der Waals surface area contributed by atoms with Crippen molar-refractivity contribution < 1.29 is 0 Å². The van der Waals surface area contributed by atoms with Gasteiger partial charge in [-0.05, 0) is 48.2 Å². The molecule has 2 heterocycles. The van der Waals surface area contributed by atoms with Crippen LogP contribution in [0.15, 0.2) is 84.0 Å². The first kappa shape index (κ1) is 22.1. The van der Waals surface area contributed by atoms with E-state index in [1.165, 1.54) is 22.3 Å². The SMILES string of the molecule is Cc1cccc(Cn2nnc(-c3cnn(-c4c(C)cccc4C)c3SCc3ccccc3)n2)c1. The monoisotopic (exact) mass is 466 g/mol. The van der Waals surface area contributed by atoms with E-state index in [-0.39, 0.29) is 0 Å². The number of benzene rings is 3. The standard InChI is InChI=1S/C27H26N6S/c1-19-9-7-14-23(15-19)17-32-30-26(29-31-32)24-16-28-33(25-20(2)10-8-11-21(25)3)27(24)34-18-22-12-5-4-6-13-22/h4-16H,17-18H2,1-3H3. The number of tetrazole rings is 1. The molecule has 0 saturated heterocycles. The predicted molar refractivity (Wildman–Crippen MR) is 136 cm³/mol. The van der Waals surface area contributed by atoms with Crippen molar-refractivity contribution in [2.45, 2.75) is 38.1 Å². The first-order chi connectivity index (χ1) is 16.6. The summed E-state index contributed by atoms with van der Waals surface area (Å²) in [7, 11) is 0. The molecule has 0 fully saturated rings. The fraction of sp³-hybridized carbons (Fsp3) is 0.185. The number of hydrogen-bond acceptors (Lipinski definition) is 5. The van der Waals surface area contributed by atoms with E-state index in [0.29, 0.717) is 12.4 Å². The first-order valence-corrected chi connectivity index (χ1v) is 12.2. The van der Waals surface area contributed by atoms with Gasteiger partial charge in [-0.2, -0.15) is 9.90 Å². The molecule has 0 amide bonds. The van der Waals surface area contributed by atoms with Crippen molar-refractivity contribution in [3.05, 3.63) is 107 Å². The van der Waals surface area contributed by atoms with Crippen LogP contribution >= 0.6 is 11.8 Å². The lowest BCUT2D eigenvalue weighted by molar-refractivity contribution is 0.572. The fourth-order valence-corrected chi connectivity index (χ4v) is 5.10. The minimum absolute atomic E-state index is 0.576. The highest BCUT2D eigenvalue weighted by atomic mass is 32.2. The molecule has 0 aliphatic heterocycles. The second kappa shape index (κ2) is 9.65. The Bertz CT molecular complexity index is 1400. The van der Waals surface area contributed by atoms with Gasteiger partial charge < -0.3 is 0 Å². The summed E-state index contributed by atoms with van der Waals surface area (Å²) in [4.78, 5) is 1.64. The third-order valence-electron chi connectivity index (χ3n) is 5.69. The Labute approximate surface area is 203 Å². The molecule has 0 unspecified atom stereocenters. The van der Waals surface area contributed by atoms with Gasteiger partial charge in [-0.3, -0.25) is 0 Å². The summed E-state index contributed by atoms with van der Waals surface area (Å²) >= 11 is 1.74. The molecule has 0 aliphatic carbocycles. The lowest BCUT2D eigenvalue weighted by Gasteiger charge is -2.13. The number of aryl methyl sites for hydroxylation is 3. The fourth-order valence-electron chi connectivity index (χ4n) is 4.05. The lowest BCUT2D eigenvalue weighted by Crippen LogP contribution is -2.04. The van der Waals surface area contributed by atoms with Gasteiger partial charge in [0.05, 0.1) is 24.0 Å². The number of aromatic nitrogens is 6. The van der Waals surface area contributed by atoms with E-state index in [9.17, 15) is 0 Å². The van der Waals surface area contributed by atoms with Crippen molar-refractivity contribution in [2.24, 2.45) is 0 Å². The molecule has 5 rings (SSSR count). The first-order valence-electron chi connectivity index (χ1n) is 11.2. The number of rotatable bonds is 7. The largest absolute Gasteiger partial charge is 0.226 e. The van der Waals surface area contributed by atoms with Crippen molar-refractivity contribution in [2.75, 3.05) is 0 Å². The Hall–Kier alpha value is -3.71. The maximum Gasteiger partial charge on any atom is 0.209 e. The van der Waals surface area contributed by atoms with Crippen LogP contribution in [0.5, 0.6) is 0 Å². The summed E-state index contributed by atoms with van der Waals surface area (Å²) in [6, 6.07) is 25.1. The molecule has 6 nitrogen and oxygen atoms in total. The Morgan fingerprint density at radius 3 is 2.32 bits per heavy atom. The summed E-state index contributed by atoms with van der Waals surface area (Å²) in [5, 5.41) is 19.2. The van der Waals surface area contributed by atoms with E-state index < -0.39 is 0 Å². The average Bonchev–Trinajstić information content (AvgIpc) is 3.45. The molecule has 0 saturated carbocycles. The number of para-hydroxylation sites is 1. The summed E-state index contributed by atoms with van der Waals surface area (Å²) in [6.45, 7) is 6.89. The van der Waals surface area contributed by atoms with Crippen LogP contribution in [-0.2, 0) is 12.3 Å². The molecule has 2 aromatic heterocycles. The van der Waals surface area contributed by atoms with Crippen LogP contribution in [0.25, 0.3) is 17.1 Å². The van der Waals surface area contributed by atoms with Gasteiger partial charge in [0.1, 0.15) is 5.03 Å². The highest BCUT2D eigenvalue weighted by Crippen LogP contribution is 2.35. The van der Waals surface area contributed by atoms with Crippen molar-refractivity contribution in [1.82, 2.24) is 30.0 Å². The van der Waals surface area contributed by atoms with E-state index in [0.717, 1.165) is 27.6 Å². The minimum Gasteiger partial charge on any atom is -0.226 e.